The lowest BCUT2D eigenvalue weighted by molar-refractivity contribution is -0.274. The lowest BCUT2D eigenvalue weighted by Crippen LogP contribution is -2.37. The van der Waals surface area contributed by atoms with Crippen molar-refractivity contribution in [3.8, 4) is 5.75 Å². The summed E-state index contributed by atoms with van der Waals surface area (Å²) in [4.78, 5) is 49.6. The van der Waals surface area contributed by atoms with Crippen molar-refractivity contribution in [1.82, 2.24) is 0 Å². The molecule has 44 heavy (non-hydrogen) atoms. The van der Waals surface area contributed by atoms with Crippen molar-refractivity contribution in [2.75, 3.05) is 17.1 Å². The summed E-state index contributed by atoms with van der Waals surface area (Å²) in [5, 5.41) is 1.68. The van der Waals surface area contributed by atoms with Crippen LogP contribution in [0.15, 0.2) is 54.6 Å². The highest BCUT2D eigenvalue weighted by Crippen LogP contribution is 2.51. The highest BCUT2D eigenvalue weighted by Gasteiger charge is 2.61. The lowest BCUT2D eigenvalue weighted by atomic mass is 9.72. The standard InChI is InChI=1S/C32H31F3N2O6S/c1-31(2,3)18-12-15-21-22(16-18)44-29(23(21)30(40)41-4)36-27(38)24-25(17-10-13-20(14-11-17)42-32(33,34)35)37(43-26(24)28(36)39)19-8-6-5-7-9-19/h5-11,13-14,18,24-26H,12,15-16H2,1-4H3/t18-,24-,25-,26-/m0/s1. The van der Waals surface area contributed by atoms with E-state index in [-0.39, 0.29) is 16.0 Å². The van der Waals surface area contributed by atoms with Gasteiger partial charge in [-0.05, 0) is 66.0 Å². The van der Waals surface area contributed by atoms with Crippen molar-refractivity contribution >= 4 is 39.8 Å². The van der Waals surface area contributed by atoms with Crippen LogP contribution in [0.4, 0.5) is 23.9 Å². The van der Waals surface area contributed by atoms with Crippen LogP contribution in [-0.4, -0.2) is 37.4 Å². The fourth-order valence-corrected chi connectivity index (χ4v) is 7.82. The van der Waals surface area contributed by atoms with Gasteiger partial charge in [0.25, 0.3) is 5.91 Å². The van der Waals surface area contributed by atoms with Crippen LogP contribution in [0.3, 0.4) is 0 Å². The average Bonchev–Trinajstić information content (AvgIpc) is 3.62. The summed E-state index contributed by atoms with van der Waals surface area (Å²) in [5.74, 6) is -2.89. The molecule has 12 heteroatoms. The molecule has 0 bridgehead atoms. The number of anilines is 2. The fraction of sp³-hybridized carbons (Fsp3) is 0.406. The first-order valence-electron chi connectivity index (χ1n) is 14.3. The van der Waals surface area contributed by atoms with Crippen molar-refractivity contribution in [3.05, 3.63) is 76.2 Å². The summed E-state index contributed by atoms with van der Waals surface area (Å²) in [6.45, 7) is 6.51. The minimum Gasteiger partial charge on any atom is -0.465 e. The monoisotopic (exact) mass is 628 g/mol. The molecule has 4 atom stereocenters. The van der Waals surface area contributed by atoms with Gasteiger partial charge < -0.3 is 9.47 Å². The first-order chi connectivity index (χ1) is 20.8. The van der Waals surface area contributed by atoms with E-state index >= 15 is 0 Å². The van der Waals surface area contributed by atoms with Gasteiger partial charge in [-0.15, -0.1) is 24.5 Å². The Balaban J connectivity index is 1.40. The normalized spacial score (nSPS) is 23.5. The van der Waals surface area contributed by atoms with Gasteiger partial charge in [-0.2, -0.15) is 0 Å². The summed E-state index contributed by atoms with van der Waals surface area (Å²) in [5.41, 5.74) is 2.08. The number of carbonyl (C=O) groups excluding carboxylic acids is 3. The molecule has 2 amide bonds. The van der Waals surface area contributed by atoms with Crippen LogP contribution in [-0.2, 0) is 32.0 Å². The molecule has 0 saturated carbocycles. The number of thiophene rings is 1. The summed E-state index contributed by atoms with van der Waals surface area (Å²) < 4.78 is 47.6. The number of rotatable bonds is 5. The number of benzene rings is 2. The predicted octanol–water partition coefficient (Wildman–Crippen LogP) is 6.64. The summed E-state index contributed by atoms with van der Waals surface area (Å²) in [7, 11) is 1.27. The molecule has 3 aliphatic rings. The molecule has 2 aromatic carbocycles. The van der Waals surface area contributed by atoms with E-state index in [1.807, 2.05) is 0 Å². The first-order valence-corrected chi connectivity index (χ1v) is 15.1. The molecular formula is C32H31F3N2O6S. The Hall–Kier alpha value is -3.90. The largest absolute Gasteiger partial charge is 0.573 e. The molecule has 2 fully saturated rings. The Labute approximate surface area is 256 Å². The number of fused-ring (bicyclic) bond motifs is 2. The molecule has 2 saturated heterocycles. The van der Waals surface area contributed by atoms with E-state index in [1.165, 1.54) is 35.6 Å². The van der Waals surface area contributed by atoms with E-state index in [2.05, 4.69) is 25.5 Å². The minimum atomic E-state index is -4.86. The van der Waals surface area contributed by atoms with Gasteiger partial charge in [0, 0.05) is 4.88 Å². The number of hydrogen-bond acceptors (Lipinski definition) is 8. The van der Waals surface area contributed by atoms with E-state index in [0.717, 1.165) is 33.9 Å². The highest BCUT2D eigenvalue weighted by atomic mass is 32.1. The van der Waals surface area contributed by atoms with E-state index in [4.69, 9.17) is 9.57 Å². The average molecular weight is 629 g/mol. The van der Waals surface area contributed by atoms with Crippen molar-refractivity contribution in [1.29, 1.82) is 0 Å². The number of nitrogens with zero attached hydrogens (tertiary/aromatic N) is 2. The molecule has 2 aliphatic heterocycles. The van der Waals surface area contributed by atoms with Crippen LogP contribution in [0, 0.1) is 17.3 Å². The SMILES string of the molecule is COC(=O)c1c(N2C(=O)[C@@H]3[C@H](ON(c4ccccc4)[C@H]3c3ccc(OC(F)(F)F)cc3)C2=O)sc2c1CC[C@H](C(C)(C)C)C2. The van der Waals surface area contributed by atoms with Gasteiger partial charge >= 0.3 is 12.3 Å². The number of methoxy groups -OCH3 is 1. The predicted molar refractivity (Wildman–Crippen MR) is 156 cm³/mol. The molecule has 6 rings (SSSR count). The van der Waals surface area contributed by atoms with Crippen molar-refractivity contribution in [3.63, 3.8) is 0 Å². The first kappa shape index (κ1) is 30.1. The molecule has 0 spiro atoms. The minimum absolute atomic E-state index is 0.0340. The van der Waals surface area contributed by atoms with E-state index in [1.54, 1.807) is 30.3 Å². The third-order valence-corrected chi connectivity index (χ3v) is 9.88. The topological polar surface area (TPSA) is 85.4 Å². The number of halogens is 3. The molecule has 0 N–H and O–H groups in total. The fourth-order valence-electron chi connectivity index (χ4n) is 6.40. The molecule has 0 radical (unpaired) electrons. The zero-order valence-electron chi connectivity index (χ0n) is 24.5. The maximum Gasteiger partial charge on any atom is 0.573 e. The third-order valence-electron chi connectivity index (χ3n) is 8.65. The van der Waals surface area contributed by atoms with Crippen molar-refractivity contribution < 1.29 is 41.9 Å². The quantitative estimate of drug-likeness (QED) is 0.232. The van der Waals surface area contributed by atoms with Gasteiger partial charge in [-0.1, -0.05) is 51.1 Å². The Bertz CT molecular complexity index is 1600. The number of para-hydroxylation sites is 1. The van der Waals surface area contributed by atoms with Crippen LogP contribution in [0.5, 0.6) is 5.75 Å². The second-order valence-corrected chi connectivity index (χ2v) is 13.4. The number of hydroxylamine groups is 1. The Kier molecular flexibility index (Phi) is 7.48. The number of esters is 1. The zero-order valence-corrected chi connectivity index (χ0v) is 25.3. The van der Waals surface area contributed by atoms with E-state index in [9.17, 15) is 27.6 Å². The molecule has 8 nitrogen and oxygen atoms in total. The van der Waals surface area contributed by atoms with Gasteiger partial charge in [0.1, 0.15) is 16.7 Å². The molecule has 1 aliphatic carbocycles. The van der Waals surface area contributed by atoms with Crippen molar-refractivity contribution in [2.45, 2.75) is 58.5 Å². The molecular weight excluding hydrogens is 597 g/mol. The molecule has 3 aromatic rings. The summed E-state index contributed by atoms with van der Waals surface area (Å²) in [6, 6.07) is 13.1. The van der Waals surface area contributed by atoms with Crippen LogP contribution >= 0.6 is 11.3 Å². The Morgan fingerprint density at radius 3 is 2.30 bits per heavy atom. The van der Waals surface area contributed by atoms with Crippen molar-refractivity contribution in [2.24, 2.45) is 17.3 Å². The lowest BCUT2D eigenvalue weighted by Gasteiger charge is -2.33. The molecule has 232 valence electrons. The maximum absolute atomic E-state index is 14.3. The van der Waals surface area contributed by atoms with E-state index in [0.29, 0.717) is 30.0 Å². The second kappa shape index (κ2) is 10.9. The maximum atomic E-state index is 14.3. The van der Waals surface area contributed by atoms with Gasteiger partial charge in [-0.3, -0.25) is 14.4 Å². The van der Waals surface area contributed by atoms with Gasteiger partial charge in [0.05, 0.1) is 24.4 Å². The van der Waals surface area contributed by atoms with Gasteiger partial charge in [0.15, 0.2) is 6.10 Å². The van der Waals surface area contributed by atoms with Crippen LogP contribution in [0.1, 0.15) is 59.6 Å². The third kappa shape index (κ3) is 5.23. The van der Waals surface area contributed by atoms with Gasteiger partial charge in [0.2, 0.25) is 5.91 Å². The van der Waals surface area contributed by atoms with Crippen LogP contribution in [0.2, 0.25) is 0 Å². The molecule has 3 heterocycles. The van der Waals surface area contributed by atoms with Crippen LogP contribution < -0.4 is 14.7 Å². The smallest absolute Gasteiger partial charge is 0.465 e. The number of amides is 2. The van der Waals surface area contributed by atoms with E-state index < -0.39 is 48.0 Å². The summed E-state index contributed by atoms with van der Waals surface area (Å²) in [6.07, 6.45) is -3.89. The van der Waals surface area contributed by atoms with Gasteiger partial charge in [-0.25, -0.2) is 14.8 Å². The summed E-state index contributed by atoms with van der Waals surface area (Å²) >= 11 is 1.26. The zero-order chi connectivity index (χ0) is 31.6. The number of ether oxygens (including phenoxy) is 2. The molecule has 1 aromatic heterocycles. The number of carbonyl (C=O) groups is 3. The Morgan fingerprint density at radius 2 is 1.68 bits per heavy atom. The number of imide groups is 1. The number of alkyl halides is 3. The second-order valence-electron chi connectivity index (χ2n) is 12.3. The number of hydrogen-bond donors (Lipinski definition) is 0. The molecule has 0 unspecified atom stereocenters. The van der Waals surface area contributed by atoms with Crippen LogP contribution in [0.25, 0.3) is 0 Å². The Morgan fingerprint density at radius 1 is 1.00 bits per heavy atom. The highest BCUT2D eigenvalue weighted by molar-refractivity contribution is 7.17.